The minimum Gasteiger partial charge on any atom is -0.339 e. The zero-order valence-electron chi connectivity index (χ0n) is 14.1. The molecule has 0 N–H and O–H groups in total. The number of nitrogens with zero attached hydrogens (tertiary/aromatic N) is 5. The summed E-state index contributed by atoms with van der Waals surface area (Å²) in [6.07, 6.45) is 10.8. The van der Waals surface area contributed by atoms with Crippen LogP contribution in [0.2, 0.25) is 0 Å². The van der Waals surface area contributed by atoms with Gasteiger partial charge in [-0.3, -0.25) is 9.36 Å². The lowest BCUT2D eigenvalue weighted by Gasteiger charge is -2.45. The fourth-order valence-electron chi connectivity index (χ4n) is 4.23. The predicted molar refractivity (Wildman–Crippen MR) is 92.8 cm³/mol. The van der Waals surface area contributed by atoms with Gasteiger partial charge in [-0.1, -0.05) is 12.8 Å². The summed E-state index contributed by atoms with van der Waals surface area (Å²) in [4.78, 5) is 27.9. The van der Waals surface area contributed by atoms with Crippen LogP contribution in [0, 0.1) is 5.92 Å². The first kappa shape index (κ1) is 15.3. The fourth-order valence-corrected chi connectivity index (χ4v) is 4.23. The maximum atomic E-state index is 12.5. The van der Waals surface area contributed by atoms with E-state index in [4.69, 9.17) is 4.98 Å². The molecule has 2 fully saturated rings. The van der Waals surface area contributed by atoms with Gasteiger partial charge in [-0.25, -0.2) is 15.0 Å². The standard InChI is InChI=1S/C18H23N5O/c1-22-17(24)11-15(14-8-9-19-12-20-14)21-18(22)23-10-4-6-13-5-2-3-7-16(13)23/h8-9,11-13,16H,2-7,10H2,1H3/t13-,16+/m1/s1. The summed E-state index contributed by atoms with van der Waals surface area (Å²) in [5.41, 5.74) is 1.29. The maximum absolute atomic E-state index is 12.5. The average molecular weight is 325 g/mol. The largest absolute Gasteiger partial charge is 0.339 e. The Morgan fingerprint density at radius 2 is 1.96 bits per heavy atom. The molecule has 0 unspecified atom stereocenters. The molecule has 6 nitrogen and oxygen atoms in total. The lowest BCUT2D eigenvalue weighted by molar-refractivity contribution is 0.240. The molecule has 3 heterocycles. The van der Waals surface area contributed by atoms with E-state index in [2.05, 4.69) is 14.9 Å². The molecule has 4 rings (SSSR count). The first-order valence-electron chi connectivity index (χ1n) is 8.85. The number of rotatable bonds is 2. The van der Waals surface area contributed by atoms with Gasteiger partial charge in [0, 0.05) is 31.9 Å². The molecule has 1 aliphatic heterocycles. The third kappa shape index (κ3) is 2.70. The molecule has 6 heteroatoms. The summed E-state index contributed by atoms with van der Waals surface area (Å²) in [5, 5.41) is 0. The van der Waals surface area contributed by atoms with Crippen LogP contribution in [0.25, 0.3) is 11.4 Å². The Kier molecular flexibility index (Phi) is 4.04. The quantitative estimate of drug-likeness (QED) is 0.848. The normalized spacial score (nSPS) is 23.8. The molecule has 1 saturated carbocycles. The number of piperidine rings is 1. The lowest BCUT2D eigenvalue weighted by Crippen LogP contribution is -2.49. The van der Waals surface area contributed by atoms with Crippen molar-refractivity contribution >= 4 is 5.95 Å². The van der Waals surface area contributed by atoms with E-state index >= 15 is 0 Å². The van der Waals surface area contributed by atoms with E-state index in [-0.39, 0.29) is 5.56 Å². The fraction of sp³-hybridized carbons (Fsp3) is 0.556. The Morgan fingerprint density at radius 1 is 1.12 bits per heavy atom. The minimum absolute atomic E-state index is 0.0356. The van der Waals surface area contributed by atoms with Gasteiger partial charge >= 0.3 is 0 Å². The molecule has 2 aromatic heterocycles. The van der Waals surface area contributed by atoms with Crippen molar-refractivity contribution in [2.45, 2.75) is 44.6 Å². The van der Waals surface area contributed by atoms with Crippen LogP contribution in [-0.2, 0) is 7.05 Å². The van der Waals surface area contributed by atoms with Crippen LogP contribution in [0.4, 0.5) is 5.95 Å². The molecule has 1 aliphatic carbocycles. The molecule has 0 bridgehead atoms. The Balaban J connectivity index is 1.77. The Hall–Kier alpha value is -2.24. The van der Waals surface area contributed by atoms with Crippen molar-refractivity contribution < 1.29 is 0 Å². The predicted octanol–water partition coefficient (Wildman–Crippen LogP) is 2.40. The van der Waals surface area contributed by atoms with Crippen LogP contribution in [0.3, 0.4) is 0 Å². The third-order valence-electron chi connectivity index (χ3n) is 5.46. The van der Waals surface area contributed by atoms with Crippen molar-refractivity contribution in [1.29, 1.82) is 0 Å². The molecular weight excluding hydrogens is 302 g/mol. The zero-order valence-corrected chi connectivity index (χ0v) is 14.1. The van der Waals surface area contributed by atoms with Crippen molar-refractivity contribution in [2.75, 3.05) is 11.4 Å². The van der Waals surface area contributed by atoms with Crippen molar-refractivity contribution in [3.63, 3.8) is 0 Å². The van der Waals surface area contributed by atoms with Crippen LogP contribution in [0.15, 0.2) is 29.5 Å². The molecule has 0 radical (unpaired) electrons. The second-order valence-electron chi connectivity index (χ2n) is 6.88. The monoisotopic (exact) mass is 325 g/mol. The van der Waals surface area contributed by atoms with Gasteiger partial charge in [0.05, 0.1) is 11.4 Å². The van der Waals surface area contributed by atoms with Gasteiger partial charge in [-0.2, -0.15) is 0 Å². The highest BCUT2D eigenvalue weighted by atomic mass is 16.1. The summed E-state index contributed by atoms with van der Waals surface area (Å²) in [5.74, 6) is 1.53. The van der Waals surface area contributed by atoms with Crippen LogP contribution >= 0.6 is 0 Å². The summed E-state index contributed by atoms with van der Waals surface area (Å²) in [7, 11) is 1.82. The third-order valence-corrected chi connectivity index (χ3v) is 5.46. The number of anilines is 1. The number of aromatic nitrogens is 4. The molecule has 1 saturated heterocycles. The minimum atomic E-state index is -0.0356. The van der Waals surface area contributed by atoms with Gasteiger partial charge in [0.15, 0.2) is 0 Å². The van der Waals surface area contributed by atoms with Crippen molar-refractivity contribution in [2.24, 2.45) is 13.0 Å². The highest BCUT2D eigenvalue weighted by Gasteiger charge is 2.35. The van der Waals surface area contributed by atoms with Gasteiger partial charge in [0.2, 0.25) is 5.95 Å². The second-order valence-corrected chi connectivity index (χ2v) is 6.88. The second kappa shape index (κ2) is 6.34. The van der Waals surface area contributed by atoms with Crippen molar-refractivity contribution in [3.05, 3.63) is 35.0 Å². The van der Waals surface area contributed by atoms with E-state index in [1.807, 2.05) is 7.05 Å². The molecule has 0 amide bonds. The van der Waals surface area contributed by atoms with Gasteiger partial charge in [-0.15, -0.1) is 0 Å². The van der Waals surface area contributed by atoms with Crippen LogP contribution < -0.4 is 10.5 Å². The van der Waals surface area contributed by atoms with Gasteiger partial charge in [-0.05, 0) is 37.7 Å². The summed E-state index contributed by atoms with van der Waals surface area (Å²) in [6, 6.07) is 3.88. The first-order chi connectivity index (χ1) is 11.7. The Bertz CT molecular complexity index is 771. The summed E-state index contributed by atoms with van der Waals surface area (Å²) in [6.45, 7) is 0.981. The highest BCUT2D eigenvalue weighted by molar-refractivity contribution is 5.55. The van der Waals surface area contributed by atoms with E-state index in [9.17, 15) is 4.79 Å². The number of fused-ring (bicyclic) bond motifs is 1. The SMILES string of the molecule is Cn1c(N2CCC[C@H]3CCCC[C@@H]32)nc(-c2ccncn2)cc1=O. The van der Waals surface area contributed by atoms with Crippen LogP contribution in [0.5, 0.6) is 0 Å². The summed E-state index contributed by atoms with van der Waals surface area (Å²) < 4.78 is 1.68. The van der Waals surface area contributed by atoms with Gasteiger partial charge in [0.1, 0.15) is 6.33 Å². The first-order valence-corrected chi connectivity index (χ1v) is 8.85. The van der Waals surface area contributed by atoms with Crippen LogP contribution in [-0.4, -0.2) is 32.1 Å². The van der Waals surface area contributed by atoms with E-state index in [1.165, 1.54) is 44.9 Å². The van der Waals surface area contributed by atoms with E-state index in [1.54, 1.807) is 22.9 Å². The topological polar surface area (TPSA) is 63.9 Å². The summed E-state index contributed by atoms with van der Waals surface area (Å²) >= 11 is 0. The molecule has 2 aromatic rings. The molecule has 2 aliphatic rings. The number of hydrogen-bond acceptors (Lipinski definition) is 5. The average Bonchev–Trinajstić information content (AvgIpc) is 2.64. The van der Waals surface area contributed by atoms with E-state index < -0.39 is 0 Å². The molecule has 0 spiro atoms. The lowest BCUT2D eigenvalue weighted by atomic mass is 9.78. The molecular formula is C18H23N5O. The Morgan fingerprint density at radius 3 is 2.79 bits per heavy atom. The smallest absolute Gasteiger partial charge is 0.255 e. The molecule has 126 valence electrons. The number of hydrogen-bond donors (Lipinski definition) is 0. The molecule has 0 aromatic carbocycles. The van der Waals surface area contributed by atoms with Crippen LogP contribution in [0.1, 0.15) is 38.5 Å². The zero-order chi connectivity index (χ0) is 16.5. The van der Waals surface area contributed by atoms with E-state index in [0.29, 0.717) is 17.4 Å². The van der Waals surface area contributed by atoms with Crippen molar-refractivity contribution in [1.82, 2.24) is 19.5 Å². The maximum Gasteiger partial charge on any atom is 0.255 e. The molecule has 24 heavy (non-hydrogen) atoms. The van der Waals surface area contributed by atoms with Gasteiger partial charge < -0.3 is 4.90 Å². The Labute approximate surface area is 141 Å². The molecule has 2 atom stereocenters. The van der Waals surface area contributed by atoms with E-state index in [0.717, 1.165) is 18.4 Å². The van der Waals surface area contributed by atoms with Crippen molar-refractivity contribution in [3.8, 4) is 11.4 Å². The highest BCUT2D eigenvalue weighted by Crippen LogP contribution is 2.37. The van der Waals surface area contributed by atoms with Gasteiger partial charge in [0.25, 0.3) is 5.56 Å².